The number of nitrogens with one attached hydrogen (secondary N) is 3. The maximum absolute atomic E-state index is 12.4. The van der Waals surface area contributed by atoms with Crippen molar-refractivity contribution in [1.82, 2.24) is 15.4 Å². The van der Waals surface area contributed by atoms with Crippen LogP contribution in [-0.2, 0) is 0 Å². The minimum atomic E-state index is -0.582. The van der Waals surface area contributed by atoms with Gasteiger partial charge in [0.1, 0.15) is 5.75 Å². The predicted octanol–water partition coefficient (Wildman–Crippen LogP) is 2.95. The Morgan fingerprint density at radius 3 is 2.35 bits per heavy atom. The van der Waals surface area contributed by atoms with Crippen molar-refractivity contribution in [3.05, 3.63) is 78.6 Å². The van der Waals surface area contributed by atoms with Crippen LogP contribution in [0.15, 0.2) is 73.1 Å². The zero-order chi connectivity index (χ0) is 18.4. The van der Waals surface area contributed by atoms with Crippen LogP contribution < -0.4 is 20.9 Å². The van der Waals surface area contributed by atoms with E-state index >= 15 is 0 Å². The van der Waals surface area contributed by atoms with Crippen LogP contribution >= 0.6 is 0 Å². The Balaban J connectivity index is 1.65. The van der Waals surface area contributed by atoms with E-state index in [2.05, 4.69) is 16.2 Å². The molecule has 0 aliphatic rings. The van der Waals surface area contributed by atoms with Crippen LogP contribution in [0.5, 0.6) is 5.75 Å². The third kappa shape index (κ3) is 3.84. The summed E-state index contributed by atoms with van der Waals surface area (Å²) in [4.78, 5) is 24.5. The molecule has 0 atom stereocenters. The summed E-state index contributed by atoms with van der Waals surface area (Å²) in [6.07, 6.45) is 3.68. The molecule has 0 saturated heterocycles. The fourth-order valence-electron chi connectivity index (χ4n) is 2.47. The number of methoxy groups -OCH3 is 1. The summed E-state index contributed by atoms with van der Waals surface area (Å²) in [7, 11) is 1.51. The van der Waals surface area contributed by atoms with Crippen molar-refractivity contribution in [2.45, 2.75) is 0 Å². The van der Waals surface area contributed by atoms with Gasteiger partial charge >= 0.3 is 6.03 Å². The van der Waals surface area contributed by atoms with Gasteiger partial charge in [-0.05, 0) is 36.4 Å². The number of para-hydroxylation sites is 3. The minimum absolute atomic E-state index is 0.426. The zero-order valence-corrected chi connectivity index (χ0v) is 14.1. The van der Waals surface area contributed by atoms with E-state index in [4.69, 9.17) is 4.74 Å². The summed E-state index contributed by atoms with van der Waals surface area (Å²) in [5.41, 5.74) is 6.38. The zero-order valence-electron chi connectivity index (χ0n) is 14.1. The number of urea groups is 1. The lowest BCUT2D eigenvalue weighted by Gasteiger charge is -2.13. The van der Waals surface area contributed by atoms with Gasteiger partial charge in [0.25, 0.3) is 5.91 Å². The van der Waals surface area contributed by atoms with Gasteiger partial charge in [-0.1, -0.05) is 24.3 Å². The van der Waals surface area contributed by atoms with Gasteiger partial charge in [-0.2, -0.15) is 0 Å². The standard InChI is InChI=1S/C19H18N4O3/c1-26-17-11-5-3-9-15(17)20-19(25)22-21-18(24)14-8-2-4-10-16(14)23-12-6-7-13-23/h2-13H,1H3,(H,21,24)(H2,20,22,25). The van der Waals surface area contributed by atoms with Crippen LogP contribution in [0.4, 0.5) is 10.5 Å². The number of nitrogens with zero attached hydrogens (tertiary/aromatic N) is 1. The van der Waals surface area contributed by atoms with E-state index in [1.807, 2.05) is 41.2 Å². The number of aromatic nitrogens is 1. The minimum Gasteiger partial charge on any atom is -0.495 e. The first-order valence-electron chi connectivity index (χ1n) is 7.92. The lowest BCUT2D eigenvalue weighted by atomic mass is 10.1. The number of anilines is 1. The van der Waals surface area contributed by atoms with Crippen LogP contribution in [0.2, 0.25) is 0 Å². The Hall–Kier alpha value is -3.74. The molecule has 3 aromatic rings. The smallest absolute Gasteiger partial charge is 0.338 e. The Kier molecular flexibility index (Phi) is 5.19. The van der Waals surface area contributed by atoms with Gasteiger partial charge in [-0.3, -0.25) is 10.2 Å². The van der Waals surface area contributed by atoms with Crippen LogP contribution in [0.25, 0.3) is 5.69 Å². The molecule has 0 aliphatic carbocycles. The van der Waals surface area contributed by atoms with Gasteiger partial charge in [-0.25, -0.2) is 10.2 Å². The third-order valence-corrected chi connectivity index (χ3v) is 3.68. The maximum atomic E-state index is 12.4. The van der Waals surface area contributed by atoms with Crippen LogP contribution in [0.1, 0.15) is 10.4 Å². The second-order valence-electron chi connectivity index (χ2n) is 5.34. The average molecular weight is 350 g/mol. The van der Waals surface area contributed by atoms with Gasteiger partial charge in [0, 0.05) is 12.4 Å². The van der Waals surface area contributed by atoms with Crippen LogP contribution in [0.3, 0.4) is 0 Å². The van der Waals surface area contributed by atoms with Gasteiger partial charge in [0.2, 0.25) is 0 Å². The van der Waals surface area contributed by atoms with E-state index in [1.54, 1.807) is 36.4 Å². The first kappa shape index (κ1) is 17.1. The molecule has 1 heterocycles. The van der Waals surface area contributed by atoms with Crippen molar-refractivity contribution in [3.8, 4) is 11.4 Å². The number of rotatable bonds is 4. The Bertz CT molecular complexity index is 907. The molecule has 0 fully saturated rings. The number of ether oxygens (including phenoxy) is 1. The summed E-state index contributed by atoms with van der Waals surface area (Å²) in [6, 6.07) is 17.2. The highest BCUT2D eigenvalue weighted by Gasteiger charge is 2.13. The largest absolute Gasteiger partial charge is 0.495 e. The lowest BCUT2D eigenvalue weighted by molar-refractivity contribution is 0.0938. The van der Waals surface area contributed by atoms with Crippen molar-refractivity contribution in [2.24, 2.45) is 0 Å². The molecule has 3 rings (SSSR count). The molecular formula is C19H18N4O3. The maximum Gasteiger partial charge on any atom is 0.338 e. The van der Waals surface area contributed by atoms with Gasteiger partial charge < -0.3 is 14.6 Å². The summed E-state index contributed by atoms with van der Waals surface area (Å²) < 4.78 is 6.99. The van der Waals surface area contributed by atoms with Gasteiger partial charge in [-0.15, -0.1) is 0 Å². The molecular weight excluding hydrogens is 332 g/mol. The highest BCUT2D eigenvalue weighted by atomic mass is 16.5. The predicted molar refractivity (Wildman–Crippen MR) is 98.4 cm³/mol. The normalized spacial score (nSPS) is 10.0. The Morgan fingerprint density at radius 1 is 0.885 bits per heavy atom. The average Bonchev–Trinajstić information content (AvgIpc) is 3.21. The summed E-state index contributed by atoms with van der Waals surface area (Å²) in [5.74, 6) is 0.0939. The van der Waals surface area contributed by atoms with Crippen molar-refractivity contribution >= 4 is 17.6 Å². The number of carbonyl (C=O) groups is 2. The molecule has 0 aliphatic heterocycles. The third-order valence-electron chi connectivity index (χ3n) is 3.68. The number of hydrazine groups is 1. The quantitative estimate of drug-likeness (QED) is 0.633. The molecule has 7 nitrogen and oxygen atoms in total. The molecule has 3 amide bonds. The summed E-state index contributed by atoms with van der Waals surface area (Å²) in [5, 5.41) is 2.62. The number of hydrogen-bond acceptors (Lipinski definition) is 3. The van der Waals surface area contributed by atoms with Gasteiger partial charge in [0.05, 0.1) is 24.0 Å². The first-order chi connectivity index (χ1) is 12.7. The van der Waals surface area contributed by atoms with E-state index in [0.29, 0.717) is 22.7 Å². The fourth-order valence-corrected chi connectivity index (χ4v) is 2.47. The Morgan fingerprint density at radius 2 is 1.58 bits per heavy atom. The van der Waals surface area contributed by atoms with Gasteiger partial charge in [0.15, 0.2) is 0 Å². The molecule has 2 aromatic carbocycles. The van der Waals surface area contributed by atoms with Crippen molar-refractivity contribution in [1.29, 1.82) is 0 Å². The number of hydrogen-bond donors (Lipinski definition) is 3. The first-order valence-corrected chi connectivity index (χ1v) is 7.92. The monoisotopic (exact) mass is 350 g/mol. The number of amides is 3. The number of carbonyl (C=O) groups excluding carboxylic acids is 2. The molecule has 1 aromatic heterocycles. The molecule has 3 N–H and O–H groups in total. The van der Waals surface area contributed by atoms with E-state index in [9.17, 15) is 9.59 Å². The second-order valence-corrected chi connectivity index (χ2v) is 5.34. The highest BCUT2D eigenvalue weighted by molar-refractivity contribution is 6.00. The topological polar surface area (TPSA) is 84.4 Å². The van der Waals surface area contributed by atoms with E-state index in [0.717, 1.165) is 0 Å². The second kappa shape index (κ2) is 7.89. The van der Waals surface area contributed by atoms with Crippen LogP contribution in [0, 0.1) is 0 Å². The molecule has 0 saturated carbocycles. The van der Waals surface area contributed by atoms with E-state index < -0.39 is 11.9 Å². The SMILES string of the molecule is COc1ccccc1NC(=O)NNC(=O)c1ccccc1-n1cccc1. The molecule has 0 spiro atoms. The number of benzene rings is 2. The van der Waals surface area contributed by atoms with E-state index in [1.165, 1.54) is 7.11 Å². The molecule has 0 radical (unpaired) electrons. The summed E-state index contributed by atoms with van der Waals surface area (Å²) in [6.45, 7) is 0. The molecule has 26 heavy (non-hydrogen) atoms. The Labute approximate surface area is 150 Å². The summed E-state index contributed by atoms with van der Waals surface area (Å²) >= 11 is 0. The van der Waals surface area contributed by atoms with E-state index in [-0.39, 0.29) is 0 Å². The van der Waals surface area contributed by atoms with Crippen molar-refractivity contribution in [3.63, 3.8) is 0 Å². The van der Waals surface area contributed by atoms with Crippen molar-refractivity contribution in [2.75, 3.05) is 12.4 Å². The molecule has 0 unspecified atom stereocenters. The van der Waals surface area contributed by atoms with Crippen LogP contribution in [-0.4, -0.2) is 23.6 Å². The lowest BCUT2D eigenvalue weighted by Crippen LogP contribution is -2.44. The molecule has 132 valence electrons. The molecule has 7 heteroatoms. The highest BCUT2D eigenvalue weighted by Crippen LogP contribution is 2.22. The molecule has 0 bridgehead atoms. The van der Waals surface area contributed by atoms with Crippen molar-refractivity contribution < 1.29 is 14.3 Å². The fraction of sp³-hybridized carbons (Fsp3) is 0.0526.